The van der Waals surface area contributed by atoms with E-state index in [0.717, 1.165) is 24.5 Å². The van der Waals surface area contributed by atoms with E-state index in [4.69, 9.17) is 0 Å². The SMILES string of the molecule is Cc1ccc2[nH]cc(C(=O)c3cc(I)ccc3Br)c2c1. The van der Waals surface area contributed by atoms with Gasteiger partial charge in [0.2, 0.25) is 0 Å². The van der Waals surface area contributed by atoms with Crippen LogP contribution in [0.5, 0.6) is 0 Å². The second-order valence-electron chi connectivity index (χ2n) is 4.70. The Labute approximate surface area is 138 Å². The van der Waals surface area contributed by atoms with E-state index in [2.05, 4.69) is 43.5 Å². The van der Waals surface area contributed by atoms with Crippen LogP contribution in [-0.4, -0.2) is 10.8 Å². The molecule has 0 bridgehead atoms. The highest BCUT2D eigenvalue weighted by Gasteiger charge is 2.17. The van der Waals surface area contributed by atoms with Gasteiger partial charge < -0.3 is 4.98 Å². The fourth-order valence-electron chi connectivity index (χ4n) is 2.24. The first-order valence-electron chi connectivity index (χ1n) is 6.14. The summed E-state index contributed by atoms with van der Waals surface area (Å²) in [6.45, 7) is 2.03. The van der Waals surface area contributed by atoms with Crippen molar-refractivity contribution in [2.45, 2.75) is 6.92 Å². The monoisotopic (exact) mass is 439 g/mol. The van der Waals surface area contributed by atoms with Crippen molar-refractivity contribution < 1.29 is 4.79 Å². The smallest absolute Gasteiger partial charge is 0.196 e. The van der Waals surface area contributed by atoms with Gasteiger partial charge in [0.25, 0.3) is 0 Å². The number of carbonyl (C=O) groups excluding carboxylic acids is 1. The van der Waals surface area contributed by atoms with Gasteiger partial charge in [-0.25, -0.2) is 0 Å². The van der Waals surface area contributed by atoms with Crippen LogP contribution in [-0.2, 0) is 0 Å². The minimum absolute atomic E-state index is 0.0345. The number of carbonyl (C=O) groups is 1. The number of ketones is 1. The van der Waals surface area contributed by atoms with Crippen molar-refractivity contribution in [3.63, 3.8) is 0 Å². The van der Waals surface area contributed by atoms with E-state index in [1.165, 1.54) is 0 Å². The molecule has 1 heterocycles. The number of H-pyrrole nitrogens is 1. The lowest BCUT2D eigenvalue weighted by atomic mass is 10.0. The molecule has 3 aromatic rings. The number of fused-ring (bicyclic) bond motifs is 1. The van der Waals surface area contributed by atoms with Crippen LogP contribution in [0.4, 0.5) is 0 Å². The molecule has 1 aromatic heterocycles. The molecule has 2 nitrogen and oxygen atoms in total. The molecule has 0 radical (unpaired) electrons. The van der Waals surface area contributed by atoms with Crippen LogP contribution in [0.25, 0.3) is 10.9 Å². The minimum atomic E-state index is 0.0345. The maximum atomic E-state index is 12.8. The first kappa shape index (κ1) is 13.8. The summed E-state index contributed by atoms with van der Waals surface area (Å²) in [5.74, 6) is 0.0345. The van der Waals surface area contributed by atoms with Gasteiger partial charge in [0.05, 0.1) is 0 Å². The number of aryl methyl sites for hydroxylation is 1. The third-order valence-electron chi connectivity index (χ3n) is 3.25. The van der Waals surface area contributed by atoms with Crippen LogP contribution in [0.3, 0.4) is 0 Å². The number of aromatic nitrogens is 1. The van der Waals surface area contributed by atoms with Gasteiger partial charge in [0, 0.05) is 36.3 Å². The Kier molecular flexibility index (Phi) is 3.69. The van der Waals surface area contributed by atoms with Gasteiger partial charge in [-0.3, -0.25) is 4.79 Å². The summed E-state index contributed by atoms with van der Waals surface area (Å²) in [6, 6.07) is 11.9. The molecule has 1 N–H and O–H groups in total. The van der Waals surface area contributed by atoms with Crippen molar-refractivity contribution in [3.8, 4) is 0 Å². The van der Waals surface area contributed by atoms with Crippen LogP contribution < -0.4 is 0 Å². The zero-order valence-corrected chi connectivity index (χ0v) is 14.4. The number of rotatable bonds is 2. The molecule has 0 saturated heterocycles. The summed E-state index contributed by atoms with van der Waals surface area (Å²) in [5.41, 5.74) is 3.54. The summed E-state index contributed by atoms with van der Waals surface area (Å²) in [4.78, 5) is 15.9. The number of benzene rings is 2. The largest absolute Gasteiger partial charge is 0.360 e. The third kappa shape index (κ3) is 2.42. The van der Waals surface area contributed by atoms with Crippen LogP contribution in [0.2, 0.25) is 0 Å². The van der Waals surface area contributed by atoms with E-state index in [1.807, 2.05) is 43.3 Å². The quantitative estimate of drug-likeness (QED) is 0.438. The Bertz CT molecular complexity index is 822. The molecule has 0 aliphatic carbocycles. The van der Waals surface area contributed by atoms with Gasteiger partial charge in [-0.05, 0) is 59.8 Å². The fraction of sp³-hybridized carbons (Fsp3) is 0.0625. The zero-order valence-electron chi connectivity index (χ0n) is 10.7. The molecular weight excluding hydrogens is 429 g/mol. The summed E-state index contributed by atoms with van der Waals surface area (Å²) in [7, 11) is 0. The highest BCUT2D eigenvalue weighted by atomic mass is 127. The van der Waals surface area contributed by atoms with Crippen LogP contribution in [0, 0.1) is 10.5 Å². The first-order chi connectivity index (χ1) is 9.56. The van der Waals surface area contributed by atoms with Crippen LogP contribution in [0.15, 0.2) is 47.1 Å². The van der Waals surface area contributed by atoms with Crippen LogP contribution >= 0.6 is 38.5 Å². The predicted octanol–water partition coefficient (Wildman–Crippen LogP) is 5.07. The molecule has 0 saturated carbocycles. The van der Waals surface area contributed by atoms with Crippen LogP contribution in [0.1, 0.15) is 21.5 Å². The maximum absolute atomic E-state index is 12.8. The number of hydrogen-bond donors (Lipinski definition) is 1. The second kappa shape index (κ2) is 5.33. The Morgan fingerprint density at radius 1 is 1.15 bits per heavy atom. The maximum Gasteiger partial charge on any atom is 0.196 e. The van der Waals surface area contributed by atoms with Crippen molar-refractivity contribution in [2.24, 2.45) is 0 Å². The highest BCUT2D eigenvalue weighted by Crippen LogP contribution is 2.26. The van der Waals surface area contributed by atoms with Crippen molar-refractivity contribution >= 4 is 55.2 Å². The topological polar surface area (TPSA) is 32.9 Å². The average molecular weight is 440 g/mol. The molecular formula is C16H11BrINO. The molecule has 0 atom stereocenters. The predicted molar refractivity (Wildman–Crippen MR) is 93.3 cm³/mol. The summed E-state index contributed by atoms with van der Waals surface area (Å²) in [5, 5.41) is 0.973. The van der Waals surface area contributed by atoms with Crippen molar-refractivity contribution in [3.05, 3.63) is 67.3 Å². The van der Waals surface area contributed by atoms with Crippen molar-refractivity contribution in [1.29, 1.82) is 0 Å². The van der Waals surface area contributed by atoms with Gasteiger partial charge in [-0.2, -0.15) is 0 Å². The van der Waals surface area contributed by atoms with Gasteiger partial charge in [-0.15, -0.1) is 0 Å². The normalized spacial score (nSPS) is 10.9. The molecule has 0 aliphatic rings. The van der Waals surface area contributed by atoms with Crippen molar-refractivity contribution in [1.82, 2.24) is 4.98 Å². The molecule has 20 heavy (non-hydrogen) atoms. The standard InChI is InChI=1S/C16H11BrINO/c1-9-2-5-15-11(6-9)13(8-19-15)16(20)12-7-10(18)3-4-14(12)17/h2-8,19H,1H3. The number of aromatic amines is 1. The van der Waals surface area contributed by atoms with E-state index >= 15 is 0 Å². The highest BCUT2D eigenvalue weighted by molar-refractivity contribution is 14.1. The van der Waals surface area contributed by atoms with Gasteiger partial charge in [-0.1, -0.05) is 27.6 Å². The Morgan fingerprint density at radius 3 is 2.75 bits per heavy atom. The minimum Gasteiger partial charge on any atom is -0.360 e. The van der Waals surface area contributed by atoms with Gasteiger partial charge in [0.15, 0.2) is 5.78 Å². The lowest BCUT2D eigenvalue weighted by Crippen LogP contribution is -2.02. The van der Waals surface area contributed by atoms with E-state index in [-0.39, 0.29) is 5.78 Å². The number of halogens is 2. The Hall–Kier alpha value is -1.14. The number of nitrogens with one attached hydrogen (secondary N) is 1. The molecule has 4 heteroatoms. The summed E-state index contributed by atoms with van der Waals surface area (Å²) < 4.78 is 1.87. The summed E-state index contributed by atoms with van der Waals surface area (Å²) in [6.07, 6.45) is 1.79. The molecule has 2 aromatic carbocycles. The molecule has 0 fully saturated rings. The average Bonchev–Trinajstić information content (AvgIpc) is 2.83. The van der Waals surface area contributed by atoms with E-state index < -0.39 is 0 Å². The molecule has 0 amide bonds. The van der Waals surface area contributed by atoms with Gasteiger partial charge >= 0.3 is 0 Å². The lowest BCUT2D eigenvalue weighted by molar-refractivity contribution is 0.103. The summed E-state index contributed by atoms with van der Waals surface area (Å²) >= 11 is 5.68. The second-order valence-corrected chi connectivity index (χ2v) is 6.80. The molecule has 0 unspecified atom stereocenters. The zero-order chi connectivity index (χ0) is 14.3. The Balaban J connectivity index is 2.17. The fourth-order valence-corrected chi connectivity index (χ4v) is 3.16. The van der Waals surface area contributed by atoms with E-state index in [9.17, 15) is 4.79 Å². The third-order valence-corrected chi connectivity index (χ3v) is 4.62. The van der Waals surface area contributed by atoms with E-state index in [1.54, 1.807) is 6.20 Å². The van der Waals surface area contributed by atoms with Crippen molar-refractivity contribution in [2.75, 3.05) is 0 Å². The molecule has 3 rings (SSSR count). The molecule has 0 spiro atoms. The molecule has 100 valence electrons. The van der Waals surface area contributed by atoms with Gasteiger partial charge in [0.1, 0.15) is 0 Å². The first-order valence-corrected chi connectivity index (χ1v) is 8.01. The Morgan fingerprint density at radius 2 is 1.95 bits per heavy atom. The molecule has 0 aliphatic heterocycles. The lowest BCUT2D eigenvalue weighted by Gasteiger charge is -2.04. The number of hydrogen-bond acceptors (Lipinski definition) is 1. The van der Waals surface area contributed by atoms with E-state index in [0.29, 0.717) is 11.1 Å².